The van der Waals surface area contributed by atoms with Gasteiger partial charge in [-0.15, -0.1) is 0 Å². The van der Waals surface area contributed by atoms with Crippen molar-refractivity contribution in [2.24, 2.45) is 0 Å². The molecule has 0 unspecified atom stereocenters. The number of rotatable bonds is 4. The maximum atomic E-state index is 12.2. The smallest absolute Gasteiger partial charge is 0.241 e. The van der Waals surface area contributed by atoms with Crippen LogP contribution in [0.1, 0.15) is 26.3 Å². The van der Waals surface area contributed by atoms with Gasteiger partial charge in [0, 0.05) is 17.2 Å². The third-order valence-corrected chi connectivity index (χ3v) is 4.23. The van der Waals surface area contributed by atoms with E-state index in [0.717, 1.165) is 0 Å². The van der Waals surface area contributed by atoms with Crippen molar-refractivity contribution in [3.63, 3.8) is 0 Å². The van der Waals surface area contributed by atoms with E-state index in [4.69, 9.17) is 16.7 Å². The summed E-state index contributed by atoms with van der Waals surface area (Å²) in [4.78, 5) is 0.163. The third-order valence-electron chi connectivity index (χ3n) is 2.13. The van der Waals surface area contributed by atoms with Gasteiger partial charge >= 0.3 is 0 Å². The van der Waals surface area contributed by atoms with E-state index >= 15 is 0 Å². The third kappa shape index (κ3) is 4.24. The Kier molecular flexibility index (Phi) is 4.78. The molecular weight excluding hydrogens is 274 g/mol. The van der Waals surface area contributed by atoms with Crippen LogP contribution in [-0.2, 0) is 16.4 Å². The minimum absolute atomic E-state index is 0.127. The van der Waals surface area contributed by atoms with Crippen LogP contribution >= 0.6 is 11.6 Å². The highest BCUT2D eigenvalue weighted by molar-refractivity contribution is 7.89. The van der Waals surface area contributed by atoms with Crippen LogP contribution in [0.3, 0.4) is 0 Å². The lowest BCUT2D eigenvalue weighted by Gasteiger charge is -2.21. The van der Waals surface area contributed by atoms with Gasteiger partial charge in [-0.2, -0.15) is 0 Å². The Bertz CT molecular complexity index is 521. The minimum Gasteiger partial charge on any atom is -0.396 e. The first kappa shape index (κ1) is 15.4. The first-order valence-electron chi connectivity index (χ1n) is 5.59. The molecule has 0 saturated heterocycles. The van der Waals surface area contributed by atoms with E-state index < -0.39 is 15.6 Å². The standard InChI is InChI=1S/C12H18ClNO3S/c1-12(2,3)14-18(16,17)11-5-4-10(13)8-9(11)6-7-15/h4-5,8,14-15H,6-7H2,1-3H3. The predicted octanol–water partition coefficient (Wildman–Crippen LogP) is 1.95. The van der Waals surface area contributed by atoms with Gasteiger partial charge in [-0.3, -0.25) is 0 Å². The Balaban J connectivity index is 3.23. The van der Waals surface area contributed by atoms with E-state index in [9.17, 15) is 8.42 Å². The molecule has 0 aliphatic rings. The molecule has 102 valence electrons. The van der Waals surface area contributed by atoms with Gasteiger partial charge in [0.05, 0.1) is 4.90 Å². The van der Waals surface area contributed by atoms with E-state index in [1.54, 1.807) is 26.8 Å². The van der Waals surface area contributed by atoms with Crippen molar-refractivity contribution < 1.29 is 13.5 Å². The van der Waals surface area contributed by atoms with Gasteiger partial charge in [0.25, 0.3) is 0 Å². The fourth-order valence-corrected chi connectivity index (χ4v) is 3.45. The maximum absolute atomic E-state index is 12.2. The molecule has 0 amide bonds. The summed E-state index contributed by atoms with van der Waals surface area (Å²) < 4.78 is 27.0. The molecule has 0 atom stereocenters. The zero-order valence-electron chi connectivity index (χ0n) is 10.7. The number of hydrogen-bond acceptors (Lipinski definition) is 3. The van der Waals surface area contributed by atoms with Crippen molar-refractivity contribution in [1.29, 1.82) is 0 Å². The molecule has 0 bridgehead atoms. The van der Waals surface area contributed by atoms with Crippen LogP contribution in [-0.4, -0.2) is 25.7 Å². The number of halogens is 1. The van der Waals surface area contributed by atoms with Crippen molar-refractivity contribution in [3.8, 4) is 0 Å². The summed E-state index contributed by atoms with van der Waals surface area (Å²) in [6.07, 6.45) is 0.251. The zero-order valence-corrected chi connectivity index (χ0v) is 12.3. The molecule has 0 aliphatic carbocycles. The average Bonchev–Trinajstić information content (AvgIpc) is 2.13. The highest BCUT2D eigenvalue weighted by Crippen LogP contribution is 2.22. The SMILES string of the molecule is CC(C)(C)NS(=O)(=O)c1ccc(Cl)cc1CCO. The molecule has 0 aromatic heterocycles. The Morgan fingerprint density at radius 1 is 1.33 bits per heavy atom. The number of sulfonamides is 1. The molecular formula is C12H18ClNO3S. The molecule has 4 nitrogen and oxygen atoms in total. The molecule has 0 heterocycles. The van der Waals surface area contributed by atoms with Gasteiger partial charge in [0.2, 0.25) is 10.0 Å². The number of benzene rings is 1. The Hall–Kier alpha value is -0.620. The van der Waals surface area contributed by atoms with Gasteiger partial charge < -0.3 is 5.11 Å². The summed E-state index contributed by atoms with van der Waals surface area (Å²) in [7, 11) is -3.61. The normalized spacial score (nSPS) is 12.7. The molecule has 6 heteroatoms. The first-order chi connectivity index (χ1) is 8.15. The molecule has 0 spiro atoms. The molecule has 1 aromatic carbocycles. The lowest BCUT2D eigenvalue weighted by Crippen LogP contribution is -2.40. The van der Waals surface area contributed by atoms with Gasteiger partial charge in [-0.05, 0) is 51.0 Å². The summed E-state index contributed by atoms with van der Waals surface area (Å²) in [5.74, 6) is 0. The fourth-order valence-electron chi connectivity index (χ4n) is 1.58. The first-order valence-corrected chi connectivity index (χ1v) is 7.45. The summed E-state index contributed by atoms with van der Waals surface area (Å²) in [5, 5.41) is 9.43. The van der Waals surface area contributed by atoms with E-state index in [-0.39, 0.29) is 17.9 Å². The molecule has 1 aromatic rings. The summed E-state index contributed by atoms with van der Waals surface area (Å²) in [6.45, 7) is 5.18. The molecule has 1 rings (SSSR count). The topological polar surface area (TPSA) is 66.4 Å². The van der Waals surface area contributed by atoms with Crippen LogP contribution in [0.15, 0.2) is 23.1 Å². The van der Waals surface area contributed by atoms with Crippen molar-refractivity contribution in [2.75, 3.05) is 6.61 Å². The van der Waals surface area contributed by atoms with Crippen molar-refractivity contribution in [2.45, 2.75) is 37.6 Å². The summed E-state index contributed by atoms with van der Waals surface area (Å²) in [5.41, 5.74) is -0.0451. The Morgan fingerprint density at radius 2 is 1.94 bits per heavy atom. The lowest BCUT2D eigenvalue weighted by atomic mass is 10.1. The number of nitrogens with one attached hydrogen (secondary N) is 1. The van der Waals surface area contributed by atoms with Crippen LogP contribution in [0.5, 0.6) is 0 Å². The van der Waals surface area contributed by atoms with Crippen molar-refractivity contribution in [1.82, 2.24) is 4.72 Å². The Labute approximate surface area is 113 Å². The van der Waals surface area contributed by atoms with Gasteiger partial charge in [0.15, 0.2) is 0 Å². The highest BCUT2D eigenvalue weighted by Gasteiger charge is 2.24. The van der Waals surface area contributed by atoms with Crippen molar-refractivity contribution in [3.05, 3.63) is 28.8 Å². The van der Waals surface area contributed by atoms with Crippen LogP contribution in [0, 0.1) is 0 Å². The van der Waals surface area contributed by atoms with E-state index in [0.29, 0.717) is 10.6 Å². The summed E-state index contributed by atoms with van der Waals surface area (Å²) in [6, 6.07) is 4.55. The Morgan fingerprint density at radius 3 is 2.44 bits per heavy atom. The van der Waals surface area contributed by atoms with Gasteiger partial charge in [0.1, 0.15) is 0 Å². The fraction of sp³-hybridized carbons (Fsp3) is 0.500. The minimum atomic E-state index is -3.61. The quantitative estimate of drug-likeness (QED) is 0.891. The van der Waals surface area contributed by atoms with E-state index in [2.05, 4.69) is 4.72 Å². The number of aliphatic hydroxyl groups is 1. The maximum Gasteiger partial charge on any atom is 0.241 e. The molecule has 0 saturated carbocycles. The molecule has 0 aliphatic heterocycles. The van der Waals surface area contributed by atoms with Crippen LogP contribution in [0.25, 0.3) is 0 Å². The highest BCUT2D eigenvalue weighted by atomic mass is 35.5. The van der Waals surface area contributed by atoms with Crippen LogP contribution in [0.2, 0.25) is 5.02 Å². The number of hydrogen-bond donors (Lipinski definition) is 2. The molecule has 0 radical (unpaired) electrons. The van der Waals surface area contributed by atoms with Gasteiger partial charge in [-0.25, -0.2) is 13.1 Å². The molecule has 18 heavy (non-hydrogen) atoms. The van der Waals surface area contributed by atoms with E-state index in [1.807, 2.05) is 0 Å². The average molecular weight is 292 g/mol. The van der Waals surface area contributed by atoms with Crippen LogP contribution in [0.4, 0.5) is 0 Å². The van der Waals surface area contributed by atoms with E-state index in [1.165, 1.54) is 12.1 Å². The molecule has 2 N–H and O–H groups in total. The predicted molar refractivity (Wildman–Crippen MR) is 72.3 cm³/mol. The summed E-state index contributed by atoms with van der Waals surface area (Å²) >= 11 is 5.84. The van der Waals surface area contributed by atoms with Gasteiger partial charge in [-0.1, -0.05) is 11.6 Å². The molecule has 0 fully saturated rings. The monoisotopic (exact) mass is 291 g/mol. The second kappa shape index (κ2) is 5.57. The largest absolute Gasteiger partial charge is 0.396 e. The van der Waals surface area contributed by atoms with Crippen molar-refractivity contribution >= 4 is 21.6 Å². The second-order valence-electron chi connectivity index (χ2n) is 5.08. The zero-order chi connectivity index (χ0) is 14.0. The van der Waals surface area contributed by atoms with Crippen LogP contribution < -0.4 is 4.72 Å². The second-order valence-corrected chi connectivity index (χ2v) is 7.17. The number of aliphatic hydroxyl groups excluding tert-OH is 1. The lowest BCUT2D eigenvalue weighted by molar-refractivity contribution is 0.298.